The van der Waals surface area contributed by atoms with E-state index < -0.39 is 18.1 Å². The van der Waals surface area contributed by atoms with Crippen molar-refractivity contribution in [3.8, 4) is 16.3 Å². The van der Waals surface area contributed by atoms with Crippen LogP contribution in [0.5, 0.6) is 5.75 Å². The molecule has 27 heavy (non-hydrogen) atoms. The molecule has 0 radical (unpaired) electrons. The molecule has 0 saturated carbocycles. The standard InChI is InChI=1S/C21H29FN2O2S/c1-4-6-7-8-9-10-19-23-24-20(27-19)16-11-13-17(14-12-16)26-21(25)15(3)18(22)5-2/h11-15,18H,4-10H2,1-3H3/t15-,18-/m1/s1. The van der Waals surface area contributed by atoms with Crippen LogP contribution in [0.4, 0.5) is 4.39 Å². The number of halogens is 1. The number of esters is 1. The molecule has 1 aromatic heterocycles. The van der Waals surface area contributed by atoms with Crippen LogP contribution in [0.1, 0.15) is 64.3 Å². The van der Waals surface area contributed by atoms with Crippen LogP contribution in [0.25, 0.3) is 10.6 Å². The predicted octanol–water partition coefficient (Wildman–Crippen LogP) is 6.01. The first kappa shape index (κ1) is 21.5. The summed E-state index contributed by atoms with van der Waals surface area (Å²) in [5, 5.41) is 10.5. The van der Waals surface area contributed by atoms with Gasteiger partial charge in [-0.25, -0.2) is 4.39 Å². The molecular formula is C21H29FN2O2S. The number of rotatable bonds is 11. The van der Waals surface area contributed by atoms with Crippen molar-refractivity contribution in [2.75, 3.05) is 0 Å². The number of unbranched alkanes of at least 4 members (excludes halogenated alkanes) is 4. The molecule has 6 heteroatoms. The number of benzene rings is 1. The van der Waals surface area contributed by atoms with E-state index in [1.165, 1.54) is 25.7 Å². The highest BCUT2D eigenvalue weighted by Crippen LogP contribution is 2.27. The van der Waals surface area contributed by atoms with Gasteiger partial charge in [-0.1, -0.05) is 50.9 Å². The second-order valence-corrected chi connectivity index (χ2v) is 7.89. The van der Waals surface area contributed by atoms with E-state index in [9.17, 15) is 9.18 Å². The minimum absolute atomic E-state index is 0.299. The maximum Gasteiger partial charge on any atom is 0.317 e. The van der Waals surface area contributed by atoms with Crippen LogP contribution < -0.4 is 4.74 Å². The van der Waals surface area contributed by atoms with Gasteiger partial charge in [0.1, 0.15) is 21.9 Å². The summed E-state index contributed by atoms with van der Waals surface area (Å²) >= 11 is 1.60. The van der Waals surface area contributed by atoms with Crippen LogP contribution in [-0.2, 0) is 11.2 Å². The molecule has 4 nitrogen and oxygen atoms in total. The lowest BCUT2D eigenvalue weighted by Crippen LogP contribution is -2.26. The Labute approximate surface area is 165 Å². The number of ether oxygens (including phenoxy) is 1. The Morgan fingerprint density at radius 2 is 1.81 bits per heavy atom. The molecule has 2 rings (SSSR count). The van der Waals surface area contributed by atoms with Gasteiger partial charge in [-0.05, 0) is 44.0 Å². The molecule has 0 fully saturated rings. The van der Waals surface area contributed by atoms with Crippen molar-refractivity contribution in [1.82, 2.24) is 10.2 Å². The van der Waals surface area contributed by atoms with Crippen molar-refractivity contribution >= 4 is 17.3 Å². The highest BCUT2D eigenvalue weighted by molar-refractivity contribution is 7.14. The van der Waals surface area contributed by atoms with E-state index in [4.69, 9.17) is 4.74 Å². The molecule has 1 aromatic carbocycles. The van der Waals surface area contributed by atoms with E-state index in [0.717, 1.165) is 28.4 Å². The SMILES string of the molecule is CCCCCCCc1nnc(-c2ccc(OC(=O)[C@H](C)[C@H](F)CC)cc2)s1. The van der Waals surface area contributed by atoms with Gasteiger partial charge in [-0.3, -0.25) is 4.79 Å². The first-order chi connectivity index (χ1) is 13.0. The zero-order valence-electron chi connectivity index (χ0n) is 16.4. The molecule has 2 atom stereocenters. The van der Waals surface area contributed by atoms with Crippen molar-refractivity contribution in [2.24, 2.45) is 5.92 Å². The summed E-state index contributed by atoms with van der Waals surface area (Å²) in [6, 6.07) is 7.13. The van der Waals surface area contributed by atoms with Crippen molar-refractivity contribution < 1.29 is 13.9 Å². The number of hydrogen-bond donors (Lipinski definition) is 0. The van der Waals surface area contributed by atoms with Gasteiger partial charge in [0, 0.05) is 12.0 Å². The molecular weight excluding hydrogens is 363 g/mol. The summed E-state index contributed by atoms with van der Waals surface area (Å²) in [4.78, 5) is 12.0. The van der Waals surface area contributed by atoms with Crippen LogP contribution in [0.3, 0.4) is 0 Å². The second-order valence-electron chi connectivity index (χ2n) is 6.82. The van der Waals surface area contributed by atoms with Crippen LogP contribution in [0.2, 0.25) is 0 Å². The second kappa shape index (κ2) is 11.1. The number of aromatic nitrogens is 2. The Bertz CT molecular complexity index is 702. The summed E-state index contributed by atoms with van der Waals surface area (Å²) in [5.74, 6) is -0.893. The number of aryl methyl sites for hydroxylation is 1. The first-order valence-corrected chi connectivity index (χ1v) is 10.6. The maximum absolute atomic E-state index is 13.6. The number of carbonyl (C=O) groups is 1. The third-order valence-electron chi connectivity index (χ3n) is 4.59. The number of nitrogens with zero attached hydrogens (tertiary/aromatic N) is 2. The molecule has 0 aliphatic heterocycles. The maximum atomic E-state index is 13.6. The molecule has 0 unspecified atom stereocenters. The predicted molar refractivity (Wildman–Crippen MR) is 108 cm³/mol. The fraction of sp³-hybridized carbons (Fsp3) is 0.571. The zero-order valence-corrected chi connectivity index (χ0v) is 17.2. The van der Waals surface area contributed by atoms with E-state index in [1.54, 1.807) is 37.3 Å². The monoisotopic (exact) mass is 392 g/mol. The Morgan fingerprint density at radius 3 is 2.48 bits per heavy atom. The average molecular weight is 393 g/mol. The van der Waals surface area contributed by atoms with Gasteiger partial charge in [-0.15, -0.1) is 10.2 Å². The molecule has 0 saturated heterocycles. The first-order valence-electron chi connectivity index (χ1n) is 9.83. The fourth-order valence-electron chi connectivity index (χ4n) is 2.73. The lowest BCUT2D eigenvalue weighted by molar-refractivity contribution is -0.140. The molecule has 0 amide bonds. The van der Waals surface area contributed by atoms with Gasteiger partial charge < -0.3 is 4.74 Å². The molecule has 0 aliphatic rings. The largest absolute Gasteiger partial charge is 0.426 e. The molecule has 0 spiro atoms. The lowest BCUT2D eigenvalue weighted by Gasteiger charge is -2.14. The van der Waals surface area contributed by atoms with Crippen LogP contribution in [0, 0.1) is 5.92 Å². The molecule has 0 aliphatic carbocycles. The van der Waals surface area contributed by atoms with Crippen LogP contribution >= 0.6 is 11.3 Å². The number of alkyl halides is 1. The Hall–Kier alpha value is -1.82. The minimum atomic E-state index is -1.18. The Kier molecular flexibility index (Phi) is 8.85. The van der Waals surface area contributed by atoms with Gasteiger partial charge in [0.25, 0.3) is 0 Å². The van der Waals surface area contributed by atoms with E-state index in [-0.39, 0.29) is 0 Å². The van der Waals surface area contributed by atoms with Crippen molar-refractivity contribution in [2.45, 2.75) is 71.9 Å². The third kappa shape index (κ3) is 6.69. The number of hydrogen-bond acceptors (Lipinski definition) is 5. The summed E-state index contributed by atoms with van der Waals surface area (Å²) in [7, 11) is 0. The summed E-state index contributed by atoms with van der Waals surface area (Å²) in [5.41, 5.74) is 0.939. The van der Waals surface area contributed by atoms with E-state index >= 15 is 0 Å². The van der Waals surface area contributed by atoms with E-state index in [2.05, 4.69) is 17.1 Å². The van der Waals surface area contributed by atoms with Gasteiger partial charge in [0.15, 0.2) is 0 Å². The fourth-order valence-corrected chi connectivity index (χ4v) is 3.61. The van der Waals surface area contributed by atoms with Gasteiger partial charge >= 0.3 is 5.97 Å². The van der Waals surface area contributed by atoms with Gasteiger partial charge in [-0.2, -0.15) is 0 Å². The summed E-state index contributed by atoms with van der Waals surface area (Å²) < 4.78 is 18.9. The van der Waals surface area contributed by atoms with Gasteiger partial charge in [0.2, 0.25) is 0 Å². The highest BCUT2D eigenvalue weighted by atomic mass is 32.1. The quantitative estimate of drug-likeness (QED) is 0.267. The molecule has 2 aromatic rings. The summed E-state index contributed by atoms with van der Waals surface area (Å²) in [6.45, 7) is 5.48. The molecule has 0 N–H and O–H groups in total. The van der Waals surface area contributed by atoms with Crippen LogP contribution in [-0.4, -0.2) is 22.3 Å². The van der Waals surface area contributed by atoms with E-state index in [0.29, 0.717) is 12.2 Å². The van der Waals surface area contributed by atoms with Crippen molar-refractivity contribution in [1.29, 1.82) is 0 Å². The normalized spacial score (nSPS) is 13.3. The lowest BCUT2D eigenvalue weighted by atomic mass is 10.0. The molecule has 1 heterocycles. The third-order valence-corrected chi connectivity index (χ3v) is 5.62. The van der Waals surface area contributed by atoms with E-state index in [1.807, 2.05) is 12.1 Å². The molecule has 148 valence electrons. The van der Waals surface area contributed by atoms with Crippen LogP contribution in [0.15, 0.2) is 24.3 Å². The van der Waals surface area contributed by atoms with Gasteiger partial charge in [0.05, 0.1) is 5.92 Å². The van der Waals surface area contributed by atoms with Crippen molar-refractivity contribution in [3.05, 3.63) is 29.3 Å². The Balaban J connectivity index is 1.89. The zero-order chi connectivity index (χ0) is 19.6. The number of carbonyl (C=O) groups excluding carboxylic acids is 1. The molecule has 0 bridgehead atoms. The smallest absolute Gasteiger partial charge is 0.317 e. The topological polar surface area (TPSA) is 52.1 Å². The highest BCUT2D eigenvalue weighted by Gasteiger charge is 2.24. The minimum Gasteiger partial charge on any atom is -0.426 e. The average Bonchev–Trinajstić information content (AvgIpc) is 3.16. The van der Waals surface area contributed by atoms with Crippen molar-refractivity contribution in [3.63, 3.8) is 0 Å². The Morgan fingerprint density at radius 1 is 1.11 bits per heavy atom. The summed E-state index contributed by atoms with van der Waals surface area (Å²) in [6.07, 6.45) is 6.29.